The zero-order chi connectivity index (χ0) is 21.6. The van der Waals surface area contributed by atoms with Crippen molar-refractivity contribution in [2.24, 2.45) is 5.41 Å². The average Bonchev–Trinajstić information content (AvgIpc) is 2.98. The van der Waals surface area contributed by atoms with Gasteiger partial charge in [0.2, 0.25) is 5.88 Å². The first-order chi connectivity index (χ1) is 15.0. The predicted octanol–water partition coefficient (Wildman–Crippen LogP) is 1.16. The number of anilines is 1. The molecule has 1 aromatic carbocycles. The van der Waals surface area contributed by atoms with Crippen molar-refractivity contribution in [3.8, 4) is 11.9 Å². The molecule has 4 heterocycles. The Kier molecular flexibility index (Phi) is 4.34. The van der Waals surface area contributed by atoms with Crippen LogP contribution in [0.15, 0.2) is 36.5 Å². The lowest BCUT2D eigenvalue weighted by Gasteiger charge is -2.56. The molecule has 0 bridgehead atoms. The Morgan fingerprint density at radius 1 is 1.32 bits per heavy atom. The fraction of sp³-hybridized carbons (Fsp3) is 0.364. The molecule has 31 heavy (non-hydrogen) atoms. The average molecular weight is 418 g/mol. The van der Waals surface area contributed by atoms with Crippen molar-refractivity contribution >= 4 is 17.6 Å². The van der Waals surface area contributed by atoms with Crippen LogP contribution in [0.3, 0.4) is 0 Å². The van der Waals surface area contributed by atoms with Crippen molar-refractivity contribution in [3.63, 3.8) is 0 Å². The van der Waals surface area contributed by atoms with Gasteiger partial charge in [-0.3, -0.25) is 4.79 Å². The highest BCUT2D eigenvalue weighted by molar-refractivity contribution is 6.10. The summed E-state index contributed by atoms with van der Waals surface area (Å²) in [6.07, 6.45) is 1.58. The number of hydrogen-bond acceptors (Lipinski definition) is 6. The van der Waals surface area contributed by atoms with Gasteiger partial charge in [-0.25, -0.2) is 9.78 Å². The molecule has 0 saturated carbocycles. The summed E-state index contributed by atoms with van der Waals surface area (Å²) in [5, 5.41) is 18.5. The third-order valence-corrected chi connectivity index (χ3v) is 6.23. The topological polar surface area (TPSA) is 119 Å². The quantitative estimate of drug-likeness (QED) is 0.686. The first kappa shape index (κ1) is 19.3. The second-order valence-electron chi connectivity index (χ2n) is 8.26. The summed E-state index contributed by atoms with van der Waals surface area (Å²) in [6.45, 7) is 5.25. The molecular formula is C22H22N6O3. The Bertz CT molecular complexity index is 1110. The molecule has 2 fully saturated rings. The van der Waals surface area contributed by atoms with E-state index in [-0.39, 0.29) is 17.3 Å². The number of amides is 3. The van der Waals surface area contributed by atoms with Gasteiger partial charge >= 0.3 is 6.03 Å². The Labute approximate surface area is 179 Å². The van der Waals surface area contributed by atoms with Crippen LogP contribution >= 0.6 is 0 Å². The van der Waals surface area contributed by atoms with Gasteiger partial charge in [0.05, 0.1) is 23.8 Å². The Morgan fingerprint density at radius 2 is 2.13 bits per heavy atom. The number of fused-ring (bicyclic) bond motifs is 1. The summed E-state index contributed by atoms with van der Waals surface area (Å²) in [5.41, 5.74) is 0.451. The van der Waals surface area contributed by atoms with Crippen molar-refractivity contribution in [2.75, 3.05) is 38.1 Å². The van der Waals surface area contributed by atoms with E-state index in [4.69, 9.17) is 4.74 Å². The summed E-state index contributed by atoms with van der Waals surface area (Å²) in [5.74, 6) is -0.153. The van der Waals surface area contributed by atoms with E-state index in [1.165, 1.54) is 0 Å². The second kappa shape index (κ2) is 6.96. The van der Waals surface area contributed by atoms with Gasteiger partial charge in [0, 0.05) is 49.0 Å². The van der Waals surface area contributed by atoms with Crippen LogP contribution in [-0.2, 0) is 10.3 Å². The van der Waals surface area contributed by atoms with Gasteiger partial charge in [0.15, 0.2) is 5.54 Å². The van der Waals surface area contributed by atoms with Crippen LogP contribution in [0.25, 0.3) is 0 Å². The molecule has 158 valence electrons. The van der Waals surface area contributed by atoms with Crippen molar-refractivity contribution in [2.45, 2.75) is 12.5 Å². The zero-order valence-electron chi connectivity index (χ0n) is 17.1. The van der Waals surface area contributed by atoms with E-state index in [0.29, 0.717) is 42.1 Å². The molecular weight excluding hydrogens is 396 g/mol. The van der Waals surface area contributed by atoms with Crippen molar-refractivity contribution < 1.29 is 14.3 Å². The van der Waals surface area contributed by atoms with Gasteiger partial charge < -0.3 is 25.6 Å². The number of nitrogens with zero attached hydrogens (tertiary/aromatic N) is 3. The first-order valence-corrected chi connectivity index (χ1v) is 10.2. The Hall–Kier alpha value is -3.64. The third-order valence-electron chi connectivity index (χ3n) is 6.23. The van der Waals surface area contributed by atoms with E-state index in [1.807, 2.05) is 6.92 Å². The SMILES string of the molecule is CCOc1ncccc1C1(NC(=O)N2CC3(CNC3)C2)C(=O)Nc2ccc(C#N)cc21. The minimum absolute atomic E-state index is 0.152. The van der Waals surface area contributed by atoms with Gasteiger partial charge in [-0.15, -0.1) is 0 Å². The van der Waals surface area contributed by atoms with Crippen LogP contribution in [0, 0.1) is 16.7 Å². The normalized spacial score (nSPS) is 22.6. The fourth-order valence-electron chi connectivity index (χ4n) is 4.61. The number of nitrogens with one attached hydrogen (secondary N) is 3. The maximum atomic E-state index is 13.4. The lowest BCUT2D eigenvalue weighted by molar-refractivity contribution is -0.120. The summed E-state index contributed by atoms with van der Waals surface area (Å²) in [7, 11) is 0. The molecule has 9 heteroatoms. The number of nitriles is 1. The van der Waals surface area contributed by atoms with Crippen LogP contribution in [0.4, 0.5) is 10.5 Å². The summed E-state index contributed by atoms with van der Waals surface area (Å²) in [6, 6.07) is 10.1. The lowest BCUT2D eigenvalue weighted by Crippen LogP contribution is -2.73. The number of ether oxygens (including phenoxy) is 1. The number of hydrogen-bond donors (Lipinski definition) is 3. The second-order valence-corrected chi connectivity index (χ2v) is 8.26. The van der Waals surface area contributed by atoms with Crippen molar-refractivity contribution in [1.29, 1.82) is 5.26 Å². The molecule has 3 amide bonds. The number of urea groups is 1. The highest BCUT2D eigenvalue weighted by atomic mass is 16.5. The van der Waals surface area contributed by atoms with Crippen LogP contribution in [0.2, 0.25) is 0 Å². The maximum Gasteiger partial charge on any atom is 0.318 e. The number of benzene rings is 1. The molecule has 0 aliphatic carbocycles. The highest BCUT2D eigenvalue weighted by Gasteiger charge is 2.55. The molecule has 9 nitrogen and oxygen atoms in total. The number of carbonyl (C=O) groups excluding carboxylic acids is 2. The van der Waals surface area contributed by atoms with E-state index in [0.717, 1.165) is 13.1 Å². The van der Waals surface area contributed by atoms with E-state index in [2.05, 4.69) is 27.0 Å². The van der Waals surface area contributed by atoms with Gasteiger partial charge in [0.1, 0.15) is 0 Å². The van der Waals surface area contributed by atoms with E-state index >= 15 is 0 Å². The number of aromatic nitrogens is 1. The van der Waals surface area contributed by atoms with E-state index < -0.39 is 11.4 Å². The molecule has 1 spiro atoms. The molecule has 0 radical (unpaired) electrons. The van der Waals surface area contributed by atoms with Gasteiger partial charge in [-0.1, -0.05) is 0 Å². The molecule has 2 aromatic rings. The number of likely N-dealkylation sites (tertiary alicyclic amines) is 1. The minimum atomic E-state index is -1.56. The van der Waals surface area contributed by atoms with Crippen molar-refractivity contribution in [3.05, 3.63) is 53.2 Å². The molecule has 5 rings (SSSR count). The van der Waals surface area contributed by atoms with Crippen LogP contribution < -0.4 is 20.7 Å². The molecule has 1 aromatic heterocycles. The number of carbonyl (C=O) groups is 2. The van der Waals surface area contributed by atoms with Crippen LogP contribution in [0.5, 0.6) is 5.88 Å². The summed E-state index contributed by atoms with van der Waals surface area (Å²) < 4.78 is 5.71. The Balaban J connectivity index is 1.60. The van der Waals surface area contributed by atoms with Crippen LogP contribution in [0.1, 0.15) is 23.6 Å². The standard InChI is InChI=1S/C22H22N6O3/c1-2-31-18-15(4-3-7-25-18)22(27-20(30)28-12-21(13-28)10-24-11-21)16-8-14(9-23)5-6-17(16)26-19(22)29/h3-8,24H,2,10-13H2,1H3,(H,26,29)(H,27,30). The van der Waals surface area contributed by atoms with E-state index in [1.54, 1.807) is 41.4 Å². The lowest BCUT2D eigenvalue weighted by atomic mass is 9.74. The number of pyridine rings is 1. The molecule has 1 atom stereocenters. The molecule has 3 aliphatic rings. The molecule has 3 aliphatic heterocycles. The minimum Gasteiger partial charge on any atom is -0.478 e. The Morgan fingerprint density at radius 3 is 2.81 bits per heavy atom. The van der Waals surface area contributed by atoms with E-state index in [9.17, 15) is 14.9 Å². The summed E-state index contributed by atoms with van der Waals surface area (Å²) >= 11 is 0. The third kappa shape index (κ3) is 2.83. The zero-order valence-corrected chi connectivity index (χ0v) is 17.1. The van der Waals surface area contributed by atoms with Gasteiger partial charge in [-0.2, -0.15) is 5.26 Å². The molecule has 2 saturated heterocycles. The largest absolute Gasteiger partial charge is 0.478 e. The predicted molar refractivity (Wildman–Crippen MR) is 111 cm³/mol. The smallest absolute Gasteiger partial charge is 0.318 e. The highest BCUT2D eigenvalue weighted by Crippen LogP contribution is 2.45. The maximum absolute atomic E-state index is 13.4. The monoisotopic (exact) mass is 418 g/mol. The number of rotatable bonds is 4. The van der Waals surface area contributed by atoms with Gasteiger partial charge in [-0.05, 0) is 37.3 Å². The molecule has 3 N–H and O–H groups in total. The molecule has 1 unspecified atom stereocenters. The fourth-order valence-corrected chi connectivity index (χ4v) is 4.61. The first-order valence-electron chi connectivity index (χ1n) is 10.2. The summed E-state index contributed by atoms with van der Waals surface area (Å²) in [4.78, 5) is 32.7. The van der Waals surface area contributed by atoms with Crippen molar-refractivity contribution in [1.82, 2.24) is 20.5 Å². The van der Waals surface area contributed by atoms with Gasteiger partial charge in [0.25, 0.3) is 5.91 Å². The van der Waals surface area contributed by atoms with Crippen LogP contribution in [-0.4, -0.2) is 54.6 Å².